The third-order valence-electron chi connectivity index (χ3n) is 3.32. The number of aliphatic hydroxyl groups is 1. The Hall–Kier alpha value is -1.95. The normalized spacial score (nSPS) is 13.8. The summed E-state index contributed by atoms with van der Waals surface area (Å²) in [5, 5.41) is 19.2. The molecule has 94 valence electrons. The minimum Gasteiger partial charge on any atom is -0.395 e. The molecular weight excluding hydrogens is 232 g/mol. The number of nitroso groups, excluding NO2 is 1. The first-order valence-electron chi connectivity index (χ1n) is 6.06. The largest absolute Gasteiger partial charge is 0.395 e. The van der Waals surface area contributed by atoms with Gasteiger partial charge in [-0.05, 0) is 36.1 Å². The predicted octanol–water partition coefficient (Wildman–Crippen LogP) is 1.63. The van der Waals surface area contributed by atoms with E-state index in [-0.39, 0.29) is 6.61 Å². The molecule has 2 aromatic heterocycles. The van der Waals surface area contributed by atoms with E-state index >= 15 is 0 Å². The summed E-state index contributed by atoms with van der Waals surface area (Å²) in [5.41, 5.74) is 3.50. The van der Waals surface area contributed by atoms with Crippen LogP contribution in [0.5, 0.6) is 0 Å². The van der Waals surface area contributed by atoms with Gasteiger partial charge in [0.15, 0.2) is 11.5 Å². The van der Waals surface area contributed by atoms with Gasteiger partial charge in [0.25, 0.3) is 0 Å². The lowest BCUT2D eigenvalue weighted by Gasteiger charge is -2.01. The highest BCUT2D eigenvalue weighted by molar-refractivity contribution is 5.80. The molecule has 0 radical (unpaired) electrons. The monoisotopic (exact) mass is 246 g/mol. The average Bonchev–Trinajstić information content (AvgIpc) is 2.98. The van der Waals surface area contributed by atoms with Crippen LogP contribution in [0.4, 0.5) is 11.5 Å². The quantitative estimate of drug-likeness (QED) is 0.803. The van der Waals surface area contributed by atoms with Gasteiger partial charge >= 0.3 is 0 Å². The van der Waals surface area contributed by atoms with Crippen molar-refractivity contribution in [3.05, 3.63) is 28.3 Å². The van der Waals surface area contributed by atoms with Crippen molar-refractivity contribution in [2.45, 2.75) is 19.3 Å². The Balaban J connectivity index is 2.17. The van der Waals surface area contributed by atoms with E-state index in [9.17, 15) is 4.91 Å². The molecule has 0 fully saturated rings. The maximum atomic E-state index is 11.0. The Bertz CT molecular complexity index is 606. The summed E-state index contributed by atoms with van der Waals surface area (Å²) < 4.78 is 1.80. The first kappa shape index (κ1) is 11.2. The van der Waals surface area contributed by atoms with Gasteiger partial charge in [0, 0.05) is 12.2 Å². The molecule has 1 aliphatic carbocycles. The second-order valence-corrected chi connectivity index (χ2v) is 4.39. The van der Waals surface area contributed by atoms with Crippen molar-refractivity contribution in [3.63, 3.8) is 0 Å². The van der Waals surface area contributed by atoms with Gasteiger partial charge in [-0.2, -0.15) is 0 Å². The van der Waals surface area contributed by atoms with Crippen molar-refractivity contribution in [1.82, 2.24) is 9.61 Å². The van der Waals surface area contributed by atoms with Crippen LogP contribution in [-0.4, -0.2) is 27.9 Å². The molecule has 0 atom stereocenters. The zero-order chi connectivity index (χ0) is 12.5. The maximum Gasteiger partial charge on any atom is 0.178 e. The lowest BCUT2D eigenvalue weighted by molar-refractivity contribution is 0.311. The molecule has 0 aliphatic heterocycles. The Morgan fingerprint density at radius 1 is 1.44 bits per heavy atom. The van der Waals surface area contributed by atoms with Crippen LogP contribution in [-0.2, 0) is 12.8 Å². The van der Waals surface area contributed by atoms with Crippen LogP contribution in [0.3, 0.4) is 0 Å². The lowest BCUT2D eigenvalue weighted by atomic mass is 10.2. The minimum absolute atomic E-state index is 0.00965. The summed E-state index contributed by atoms with van der Waals surface area (Å²) in [6.07, 6.45) is 3.16. The van der Waals surface area contributed by atoms with Gasteiger partial charge in [0.1, 0.15) is 0 Å². The van der Waals surface area contributed by atoms with Gasteiger partial charge in [-0.3, -0.25) is 0 Å². The number of aryl methyl sites for hydroxylation is 2. The molecule has 0 saturated carbocycles. The SMILES string of the molecule is O=Nc1c(NCCO)nn2c3c(ccc12)CCC3. The fraction of sp³-hybridized carbons (Fsp3) is 0.417. The highest BCUT2D eigenvalue weighted by Crippen LogP contribution is 2.33. The lowest BCUT2D eigenvalue weighted by Crippen LogP contribution is -2.06. The van der Waals surface area contributed by atoms with E-state index in [4.69, 9.17) is 5.11 Å². The molecule has 0 bridgehead atoms. The Morgan fingerprint density at radius 3 is 3.11 bits per heavy atom. The molecule has 0 aromatic carbocycles. The van der Waals surface area contributed by atoms with Crippen molar-refractivity contribution in [3.8, 4) is 0 Å². The maximum absolute atomic E-state index is 11.0. The molecule has 0 unspecified atom stereocenters. The number of nitrogens with zero attached hydrogens (tertiary/aromatic N) is 3. The van der Waals surface area contributed by atoms with Crippen LogP contribution < -0.4 is 5.32 Å². The molecule has 2 heterocycles. The molecule has 2 aromatic rings. The van der Waals surface area contributed by atoms with E-state index in [1.54, 1.807) is 4.52 Å². The highest BCUT2D eigenvalue weighted by atomic mass is 16.3. The zero-order valence-electron chi connectivity index (χ0n) is 9.89. The van der Waals surface area contributed by atoms with Crippen molar-refractivity contribution >= 4 is 17.0 Å². The third-order valence-corrected chi connectivity index (χ3v) is 3.32. The Labute approximate surface area is 104 Å². The summed E-state index contributed by atoms with van der Waals surface area (Å²) in [5.74, 6) is 0.444. The first-order valence-corrected chi connectivity index (χ1v) is 6.06. The van der Waals surface area contributed by atoms with Crippen molar-refractivity contribution in [1.29, 1.82) is 0 Å². The van der Waals surface area contributed by atoms with Gasteiger partial charge in [-0.15, -0.1) is 10.0 Å². The highest BCUT2D eigenvalue weighted by Gasteiger charge is 2.20. The molecular formula is C12H14N4O2. The van der Waals surface area contributed by atoms with Crippen molar-refractivity contribution in [2.75, 3.05) is 18.5 Å². The first-order chi connectivity index (χ1) is 8.85. The van der Waals surface area contributed by atoms with Gasteiger partial charge in [0.2, 0.25) is 0 Å². The zero-order valence-corrected chi connectivity index (χ0v) is 9.89. The van der Waals surface area contributed by atoms with Crippen LogP contribution >= 0.6 is 0 Å². The molecule has 2 N–H and O–H groups in total. The predicted molar refractivity (Wildman–Crippen MR) is 68.2 cm³/mol. The number of nitrogens with one attached hydrogen (secondary N) is 1. The number of hydrogen-bond donors (Lipinski definition) is 2. The van der Waals surface area contributed by atoms with Crippen molar-refractivity contribution in [2.24, 2.45) is 5.18 Å². The summed E-state index contributed by atoms with van der Waals surface area (Å²) in [4.78, 5) is 11.0. The molecule has 0 amide bonds. The summed E-state index contributed by atoms with van der Waals surface area (Å²) in [6.45, 7) is 0.346. The third kappa shape index (κ3) is 1.57. The minimum atomic E-state index is -0.00965. The molecule has 6 heteroatoms. The summed E-state index contributed by atoms with van der Waals surface area (Å²) in [6, 6.07) is 3.93. The van der Waals surface area contributed by atoms with E-state index in [1.807, 2.05) is 12.1 Å². The number of rotatable bonds is 4. The summed E-state index contributed by atoms with van der Waals surface area (Å²) in [7, 11) is 0. The second kappa shape index (κ2) is 4.38. The van der Waals surface area contributed by atoms with Gasteiger partial charge < -0.3 is 10.4 Å². The van der Waals surface area contributed by atoms with Gasteiger partial charge in [0.05, 0.1) is 12.1 Å². The van der Waals surface area contributed by atoms with Gasteiger partial charge in [-0.1, -0.05) is 6.07 Å². The molecule has 18 heavy (non-hydrogen) atoms. The number of pyridine rings is 1. The van der Waals surface area contributed by atoms with Crippen LogP contribution in [0.2, 0.25) is 0 Å². The Morgan fingerprint density at radius 2 is 2.33 bits per heavy atom. The fourth-order valence-corrected chi connectivity index (χ4v) is 2.51. The van der Waals surface area contributed by atoms with Crippen LogP contribution in [0.1, 0.15) is 17.7 Å². The molecule has 6 nitrogen and oxygen atoms in total. The smallest absolute Gasteiger partial charge is 0.178 e. The average molecular weight is 246 g/mol. The number of aliphatic hydroxyl groups excluding tert-OH is 1. The number of hydrogen-bond acceptors (Lipinski definition) is 5. The topological polar surface area (TPSA) is 79.0 Å². The van der Waals surface area contributed by atoms with E-state index < -0.39 is 0 Å². The van der Waals surface area contributed by atoms with Gasteiger partial charge in [-0.25, -0.2) is 4.52 Å². The Kier molecular flexibility index (Phi) is 2.71. The van der Waals surface area contributed by atoms with Crippen LogP contribution in [0.25, 0.3) is 5.52 Å². The summed E-state index contributed by atoms with van der Waals surface area (Å²) >= 11 is 0. The number of aromatic nitrogens is 2. The van der Waals surface area contributed by atoms with Crippen LogP contribution in [0, 0.1) is 4.91 Å². The molecule has 0 spiro atoms. The molecule has 1 aliphatic rings. The van der Waals surface area contributed by atoms with E-state index in [2.05, 4.69) is 15.6 Å². The number of anilines is 1. The number of fused-ring (bicyclic) bond motifs is 3. The van der Waals surface area contributed by atoms with E-state index in [0.717, 1.165) is 30.5 Å². The van der Waals surface area contributed by atoms with Crippen molar-refractivity contribution < 1.29 is 5.11 Å². The molecule has 0 saturated heterocycles. The standard InChI is InChI=1S/C12H14N4O2/c17-7-6-13-12-11(15-18)10-5-4-8-2-1-3-9(8)16(10)14-12/h4-5,17H,1-3,6-7H2,(H,13,14). The van der Waals surface area contributed by atoms with E-state index in [1.165, 1.54) is 5.56 Å². The van der Waals surface area contributed by atoms with E-state index in [0.29, 0.717) is 18.1 Å². The van der Waals surface area contributed by atoms with Crippen LogP contribution in [0.15, 0.2) is 17.3 Å². The molecule has 3 rings (SSSR count). The fourth-order valence-electron chi connectivity index (χ4n) is 2.51. The second-order valence-electron chi connectivity index (χ2n) is 4.39.